The first-order valence-electron chi connectivity index (χ1n) is 8.56. The molecule has 2 fully saturated rings. The molecule has 0 heterocycles. The predicted molar refractivity (Wildman–Crippen MR) is 105 cm³/mol. The molecule has 2 saturated carbocycles. The second-order valence-electron chi connectivity index (χ2n) is 6.02. The van der Waals surface area contributed by atoms with Crippen LogP contribution in [0.4, 0.5) is 0 Å². The molecule has 2 aliphatic rings. The Morgan fingerprint density at radius 1 is 1.00 bits per heavy atom. The van der Waals surface area contributed by atoms with Gasteiger partial charge in [-0.3, -0.25) is 0 Å². The van der Waals surface area contributed by atoms with Crippen LogP contribution in [-0.4, -0.2) is 59.9 Å². The summed E-state index contributed by atoms with van der Waals surface area (Å²) in [6.07, 6.45) is 18.4. The van der Waals surface area contributed by atoms with Crippen LogP contribution in [0.1, 0.15) is 71.1 Å². The van der Waals surface area contributed by atoms with Crippen LogP contribution >= 0.6 is 0 Å². The van der Waals surface area contributed by atoms with Gasteiger partial charge in [0.2, 0.25) is 0 Å². The number of hydrogen-bond donors (Lipinski definition) is 2. The van der Waals surface area contributed by atoms with E-state index in [9.17, 15) is 9.59 Å². The number of carboxylic acid groups (broad SMARTS) is 2. The third-order valence-corrected chi connectivity index (χ3v) is 3.96. The third kappa shape index (κ3) is 19.8. The van der Waals surface area contributed by atoms with Crippen molar-refractivity contribution in [3.05, 3.63) is 38.2 Å². The molecule has 0 aliphatic heterocycles. The van der Waals surface area contributed by atoms with Gasteiger partial charge >= 0.3 is 49.7 Å². The van der Waals surface area contributed by atoms with Gasteiger partial charge in [-0.2, -0.15) is 12.8 Å². The zero-order chi connectivity index (χ0) is 17.5. The molecule has 4 nitrogen and oxygen atoms in total. The molecule has 0 amide bonds. The van der Waals surface area contributed by atoms with Gasteiger partial charge in [0.15, 0.2) is 0 Å². The first-order chi connectivity index (χ1) is 11.0. The second kappa shape index (κ2) is 20.0. The van der Waals surface area contributed by atoms with E-state index >= 15 is 0 Å². The summed E-state index contributed by atoms with van der Waals surface area (Å²) in [5, 5.41) is 16.2. The van der Waals surface area contributed by atoms with Crippen LogP contribution in [0.15, 0.2) is 24.3 Å². The first kappa shape index (κ1) is 29.4. The second-order valence-corrected chi connectivity index (χ2v) is 6.02. The van der Waals surface area contributed by atoms with E-state index in [1.165, 1.54) is 64.2 Å². The van der Waals surface area contributed by atoms with Crippen LogP contribution in [-0.2, 0) is 9.59 Å². The van der Waals surface area contributed by atoms with E-state index in [4.69, 9.17) is 10.2 Å². The number of allylic oxidation sites excluding steroid dienone is 1. The normalized spacial score (nSPS) is 17.1. The molecular weight excluding hydrogens is 344 g/mol. The molecule has 25 heavy (non-hydrogen) atoms. The number of carboxylic acids is 2. The molecular formula is C20H34CaO4. The molecule has 140 valence electrons. The minimum absolute atomic E-state index is 0. The van der Waals surface area contributed by atoms with E-state index in [1.807, 2.05) is 6.08 Å². The van der Waals surface area contributed by atoms with E-state index in [1.54, 1.807) is 6.92 Å². The van der Waals surface area contributed by atoms with Crippen LogP contribution in [0.2, 0.25) is 0 Å². The van der Waals surface area contributed by atoms with E-state index in [0.717, 1.165) is 6.08 Å². The SMILES string of the molecule is C=CC(=O)O.CC(=CC1CCCCC1)C(=O)O.[CH-]1CCCCC1.[CH3-].[Ca+2]. The maximum absolute atomic E-state index is 10.5. The molecule has 2 rings (SSSR count). The Balaban J connectivity index is -0.000000317. The average molecular weight is 379 g/mol. The molecule has 2 N–H and O–H groups in total. The van der Waals surface area contributed by atoms with E-state index in [0.29, 0.717) is 11.5 Å². The summed E-state index contributed by atoms with van der Waals surface area (Å²) in [4.78, 5) is 19.8. The summed E-state index contributed by atoms with van der Waals surface area (Å²) in [6, 6.07) is 0. The number of rotatable bonds is 3. The number of hydrogen-bond acceptors (Lipinski definition) is 2. The van der Waals surface area contributed by atoms with Crippen LogP contribution in [0.3, 0.4) is 0 Å². The summed E-state index contributed by atoms with van der Waals surface area (Å²) < 4.78 is 0. The third-order valence-electron chi connectivity index (χ3n) is 3.96. The maximum Gasteiger partial charge on any atom is 2.00 e. The van der Waals surface area contributed by atoms with Crippen molar-refractivity contribution in [3.63, 3.8) is 0 Å². The van der Waals surface area contributed by atoms with E-state index in [-0.39, 0.29) is 45.2 Å². The number of carbonyl (C=O) groups is 2. The summed E-state index contributed by atoms with van der Waals surface area (Å²) in [6.45, 7) is 4.64. The van der Waals surface area contributed by atoms with Gasteiger partial charge in [-0.05, 0) is 25.7 Å². The van der Waals surface area contributed by atoms with E-state index in [2.05, 4.69) is 13.0 Å². The van der Waals surface area contributed by atoms with Crippen molar-refractivity contribution in [2.75, 3.05) is 0 Å². The largest absolute Gasteiger partial charge is 2.00 e. The van der Waals surface area contributed by atoms with Crippen molar-refractivity contribution in [1.82, 2.24) is 0 Å². The number of aliphatic carboxylic acids is 2. The Hall–Kier alpha value is -0.320. The smallest absolute Gasteiger partial charge is 0.478 e. The molecule has 0 aromatic heterocycles. The molecule has 2 aliphatic carbocycles. The van der Waals surface area contributed by atoms with Gasteiger partial charge in [-0.15, -0.1) is 0 Å². The Labute approximate surface area is 183 Å². The fraction of sp³-hybridized carbons (Fsp3) is 0.600. The minimum Gasteiger partial charge on any atom is -0.478 e. The van der Waals surface area contributed by atoms with Crippen LogP contribution in [0.25, 0.3) is 0 Å². The average Bonchev–Trinajstić information content (AvgIpc) is 2.58. The molecule has 0 aromatic carbocycles. The van der Waals surface area contributed by atoms with Gasteiger partial charge < -0.3 is 24.1 Å². The molecule has 0 atom stereocenters. The van der Waals surface area contributed by atoms with Gasteiger partial charge in [-0.1, -0.05) is 51.2 Å². The zero-order valence-corrected chi connectivity index (χ0v) is 18.2. The molecule has 0 unspecified atom stereocenters. The molecule has 0 saturated heterocycles. The molecule has 0 aromatic rings. The van der Waals surface area contributed by atoms with Gasteiger partial charge in [0.25, 0.3) is 0 Å². The standard InChI is InChI=1S/C10H16O2.C6H11.C3H4O2.CH3.Ca/c1-8(10(11)12)7-9-5-3-2-4-6-9;1-2-4-6-5-3-1;1-2-3(4)5;;/h7,9H,2-6H2,1H3,(H,11,12);1H,2-6H2;2H,1H2,(H,4,5);1H3;/q;-1;;-1;+2. The zero-order valence-electron chi connectivity index (χ0n) is 16.0. The summed E-state index contributed by atoms with van der Waals surface area (Å²) in [7, 11) is 0. The quantitative estimate of drug-likeness (QED) is 0.408. The van der Waals surface area contributed by atoms with Crippen molar-refractivity contribution in [3.8, 4) is 0 Å². The Bertz CT molecular complexity index is 370. The van der Waals surface area contributed by atoms with Crippen molar-refractivity contribution >= 4 is 49.7 Å². The predicted octanol–water partition coefficient (Wildman–Crippen LogP) is 5.08. The van der Waals surface area contributed by atoms with Crippen molar-refractivity contribution in [1.29, 1.82) is 0 Å². The van der Waals surface area contributed by atoms with Crippen molar-refractivity contribution in [2.24, 2.45) is 5.92 Å². The van der Waals surface area contributed by atoms with Gasteiger partial charge in [-0.25, -0.2) is 9.59 Å². The van der Waals surface area contributed by atoms with E-state index < -0.39 is 11.9 Å². The van der Waals surface area contributed by atoms with Crippen LogP contribution in [0.5, 0.6) is 0 Å². The van der Waals surface area contributed by atoms with Crippen molar-refractivity contribution in [2.45, 2.75) is 71.1 Å². The van der Waals surface area contributed by atoms with Crippen molar-refractivity contribution < 1.29 is 19.8 Å². The molecule has 0 radical (unpaired) electrons. The van der Waals surface area contributed by atoms with Gasteiger partial charge in [0.1, 0.15) is 0 Å². The van der Waals surface area contributed by atoms with Crippen LogP contribution in [0, 0.1) is 19.8 Å². The Morgan fingerprint density at radius 3 is 1.72 bits per heavy atom. The fourth-order valence-electron chi connectivity index (χ4n) is 2.62. The molecule has 0 spiro atoms. The van der Waals surface area contributed by atoms with Gasteiger partial charge in [0.05, 0.1) is 0 Å². The minimum atomic E-state index is -0.981. The Morgan fingerprint density at radius 2 is 1.44 bits per heavy atom. The first-order valence-corrected chi connectivity index (χ1v) is 8.56. The van der Waals surface area contributed by atoms with Crippen LogP contribution < -0.4 is 0 Å². The topological polar surface area (TPSA) is 74.6 Å². The molecule has 0 bridgehead atoms. The summed E-state index contributed by atoms with van der Waals surface area (Å²) in [5.74, 6) is -1.24. The van der Waals surface area contributed by atoms with Gasteiger partial charge in [0, 0.05) is 11.6 Å². The monoisotopic (exact) mass is 378 g/mol. The Kier molecular flexibility index (Phi) is 23.6. The fourth-order valence-corrected chi connectivity index (χ4v) is 2.62. The maximum atomic E-state index is 10.5. The molecule has 5 heteroatoms. The summed E-state index contributed by atoms with van der Waals surface area (Å²) >= 11 is 0. The summed E-state index contributed by atoms with van der Waals surface area (Å²) in [5.41, 5.74) is 0.502.